The molecule has 1 fully saturated rings. The number of halogens is 3. The van der Waals surface area contributed by atoms with Crippen molar-refractivity contribution in [3.8, 4) is 0 Å². The number of carboxylic acid groups (broad SMARTS) is 1. The third-order valence-electron chi connectivity index (χ3n) is 3.58. The Balaban J connectivity index is 1.98. The normalized spacial score (nSPS) is 20.5. The van der Waals surface area contributed by atoms with Crippen LogP contribution < -0.4 is 4.90 Å². The van der Waals surface area contributed by atoms with Crippen LogP contribution in [0.5, 0.6) is 0 Å². The van der Waals surface area contributed by atoms with Crippen LogP contribution in [0.1, 0.15) is 12.8 Å². The summed E-state index contributed by atoms with van der Waals surface area (Å²) in [5.41, 5.74) is 0.286. The van der Waals surface area contributed by atoms with E-state index in [4.69, 9.17) is 5.11 Å². The van der Waals surface area contributed by atoms with Gasteiger partial charge in [0, 0.05) is 30.1 Å². The lowest BCUT2D eigenvalue weighted by Crippen LogP contribution is -2.33. The number of carbonyl (C=O) groups is 1. The van der Waals surface area contributed by atoms with E-state index < -0.39 is 43.1 Å². The number of rotatable bonds is 3. The highest BCUT2D eigenvalue weighted by molar-refractivity contribution is 5.78. The van der Waals surface area contributed by atoms with Crippen LogP contribution in [0.4, 0.5) is 19.1 Å². The molecule has 22 heavy (non-hydrogen) atoms. The summed E-state index contributed by atoms with van der Waals surface area (Å²) < 4.78 is 40.5. The fourth-order valence-electron chi connectivity index (χ4n) is 2.64. The molecule has 1 aromatic carbocycles. The minimum atomic E-state index is -3.00. The predicted octanol–water partition coefficient (Wildman–Crippen LogP) is 2.46. The molecular weight excluding hydrogens is 299 g/mol. The molecule has 8 heteroatoms. The number of anilines is 1. The van der Waals surface area contributed by atoms with Crippen LogP contribution in [0.2, 0.25) is 0 Å². The Hall–Kier alpha value is -2.38. The average molecular weight is 311 g/mol. The standard InChI is InChI=1S/C14H12F3N3O2/c15-9-2-1-8-6-18-13(19-11(8)3-9)20-7-14(16,17)5-10(20)4-12(21)22/h1-3,6,10H,4-5,7H2,(H,21,22). The maximum atomic E-state index is 13.6. The number of aromatic nitrogens is 2. The first-order valence-electron chi connectivity index (χ1n) is 6.63. The molecule has 1 atom stereocenters. The van der Waals surface area contributed by atoms with Crippen LogP contribution in [0.25, 0.3) is 10.9 Å². The fourth-order valence-corrected chi connectivity index (χ4v) is 2.64. The van der Waals surface area contributed by atoms with Crippen molar-refractivity contribution in [2.75, 3.05) is 11.4 Å². The van der Waals surface area contributed by atoms with Crippen LogP contribution in [0.15, 0.2) is 24.4 Å². The summed E-state index contributed by atoms with van der Waals surface area (Å²) in [6.45, 7) is -0.647. The number of alkyl halides is 2. The molecule has 1 saturated heterocycles. The van der Waals surface area contributed by atoms with Gasteiger partial charge in [-0.05, 0) is 12.1 Å². The van der Waals surface area contributed by atoms with Crippen LogP contribution >= 0.6 is 0 Å². The molecule has 1 aromatic heterocycles. The first-order valence-corrected chi connectivity index (χ1v) is 6.63. The smallest absolute Gasteiger partial charge is 0.305 e. The van der Waals surface area contributed by atoms with Crippen molar-refractivity contribution < 1.29 is 23.1 Å². The van der Waals surface area contributed by atoms with Crippen LogP contribution in [-0.4, -0.2) is 39.6 Å². The van der Waals surface area contributed by atoms with Gasteiger partial charge in [0.2, 0.25) is 5.95 Å². The minimum Gasteiger partial charge on any atom is -0.481 e. The molecule has 1 N–H and O–H groups in total. The first-order chi connectivity index (χ1) is 10.3. The van der Waals surface area contributed by atoms with Gasteiger partial charge in [-0.2, -0.15) is 0 Å². The number of benzene rings is 1. The Labute approximate surface area is 123 Å². The van der Waals surface area contributed by atoms with Gasteiger partial charge >= 0.3 is 5.97 Å². The zero-order chi connectivity index (χ0) is 15.9. The van der Waals surface area contributed by atoms with Gasteiger partial charge in [0.25, 0.3) is 5.92 Å². The SMILES string of the molecule is O=C(O)CC1CC(F)(F)CN1c1ncc2ccc(F)cc2n1. The van der Waals surface area contributed by atoms with Gasteiger partial charge in [-0.1, -0.05) is 0 Å². The van der Waals surface area contributed by atoms with Crippen molar-refractivity contribution in [3.63, 3.8) is 0 Å². The maximum absolute atomic E-state index is 13.6. The molecule has 1 aliphatic rings. The van der Waals surface area contributed by atoms with Gasteiger partial charge in [0.15, 0.2) is 0 Å². The van der Waals surface area contributed by atoms with Crippen LogP contribution in [0, 0.1) is 5.82 Å². The van der Waals surface area contributed by atoms with Crippen molar-refractivity contribution in [1.29, 1.82) is 0 Å². The Morgan fingerprint density at radius 3 is 2.95 bits per heavy atom. The number of carboxylic acids is 1. The molecule has 0 saturated carbocycles. The molecule has 2 aromatic rings. The van der Waals surface area contributed by atoms with E-state index in [-0.39, 0.29) is 11.5 Å². The molecular formula is C14H12F3N3O2. The molecule has 0 amide bonds. The van der Waals surface area contributed by atoms with Crippen molar-refractivity contribution in [1.82, 2.24) is 9.97 Å². The number of hydrogen-bond acceptors (Lipinski definition) is 4. The average Bonchev–Trinajstić information content (AvgIpc) is 2.72. The highest BCUT2D eigenvalue weighted by atomic mass is 19.3. The number of nitrogens with zero attached hydrogens (tertiary/aromatic N) is 3. The minimum absolute atomic E-state index is 0.0125. The van der Waals surface area contributed by atoms with Crippen molar-refractivity contribution in [3.05, 3.63) is 30.2 Å². The number of hydrogen-bond donors (Lipinski definition) is 1. The van der Waals surface area contributed by atoms with E-state index in [1.54, 1.807) is 0 Å². The van der Waals surface area contributed by atoms with Crippen molar-refractivity contribution >= 4 is 22.8 Å². The molecule has 0 radical (unpaired) electrons. The highest BCUT2D eigenvalue weighted by Gasteiger charge is 2.46. The second-order valence-electron chi connectivity index (χ2n) is 5.31. The Bertz CT molecular complexity index is 738. The summed E-state index contributed by atoms with van der Waals surface area (Å²) in [5.74, 6) is -4.67. The van der Waals surface area contributed by atoms with Gasteiger partial charge in [-0.15, -0.1) is 0 Å². The van der Waals surface area contributed by atoms with E-state index in [2.05, 4.69) is 9.97 Å². The second-order valence-corrected chi connectivity index (χ2v) is 5.31. The zero-order valence-electron chi connectivity index (χ0n) is 11.3. The fraction of sp³-hybridized carbons (Fsp3) is 0.357. The van der Waals surface area contributed by atoms with Gasteiger partial charge in [-0.25, -0.2) is 23.1 Å². The van der Waals surface area contributed by atoms with E-state index in [0.717, 1.165) is 0 Å². The summed E-state index contributed by atoms with van der Waals surface area (Å²) in [4.78, 5) is 20.1. The van der Waals surface area contributed by atoms with Gasteiger partial charge in [0.05, 0.1) is 18.5 Å². The molecule has 0 bridgehead atoms. The molecule has 0 aliphatic carbocycles. The van der Waals surface area contributed by atoms with E-state index >= 15 is 0 Å². The summed E-state index contributed by atoms with van der Waals surface area (Å²) in [7, 11) is 0. The summed E-state index contributed by atoms with van der Waals surface area (Å²) in [6, 6.07) is 3.03. The molecule has 0 spiro atoms. The zero-order valence-corrected chi connectivity index (χ0v) is 11.3. The summed E-state index contributed by atoms with van der Waals surface area (Å²) in [5, 5.41) is 9.43. The van der Waals surface area contributed by atoms with Gasteiger partial charge in [-0.3, -0.25) is 4.79 Å². The molecule has 1 unspecified atom stereocenters. The predicted molar refractivity (Wildman–Crippen MR) is 72.4 cm³/mol. The molecule has 1 aliphatic heterocycles. The van der Waals surface area contributed by atoms with Crippen molar-refractivity contribution in [2.24, 2.45) is 0 Å². The first kappa shape index (κ1) is 14.6. The van der Waals surface area contributed by atoms with E-state index in [0.29, 0.717) is 5.39 Å². The number of fused-ring (bicyclic) bond motifs is 1. The molecule has 5 nitrogen and oxygen atoms in total. The Morgan fingerprint density at radius 2 is 2.23 bits per heavy atom. The maximum Gasteiger partial charge on any atom is 0.305 e. The third-order valence-corrected chi connectivity index (χ3v) is 3.58. The van der Waals surface area contributed by atoms with Gasteiger partial charge in [0.1, 0.15) is 5.82 Å². The summed E-state index contributed by atoms with van der Waals surface area (Å²) >= 11 is 0. The molecule has 2 heterocycles. The lowest BCUT2D eigenvalue weighted by molar-refractivity contribution is -0.137. The highest BCUT2D eigenvalue weighted by Crippen LogP contribution is 2.35. The lowest BCUT2D eigenvalue weighted by atomic mass is 10.1. The topological polar surface area (TPSA) is 66.3 Å². The van der Waals surface area contributed by atoms with E-state index in [1.165, 1.54) is 29.3 Å². The van der Waals surface area contributed by atoms with E-state index in [1.807, 2.05) is 0 Å². The Kier molecular flexibility index (Phi) is 3.38. The lowest BCUT2D eigenvalue weighted by Gasteiger charge is -2.22. The third kappa shape index (κ3) is 2.81. The van der Waals surface area contributed by atoms with Crippen LogP contribution in [-0.2, 0) is 4.79 Å². The van der Waals surface area contributed by atoms with E-state index in [9.17, 15) is 18.0 Å². The van der Waals surface area contributed by atoms with Crippen molar-refractivity contribution in [2.45, 2.75) is 24.8 Å². The molecule has 116 valence electrons. The quantitative estimate of drug-likeness (QED) is 0.943. The summed E-state index contributed by atoms with van der Waals surface area (Å²) in [6.07, 6.45) is 0.412. The number of aliphatic carboxylic acids is 1. The largest absolute Gasteiger partial charge is 0.481 e. The van der Waals surface area contributed by atoms with Crippen LogP contribution in [0.3, 0.4) is 0 Å². The molecule has 3 rings (SSSR count). The second kappa shape index (κ2) is 5.11. The van der Waals surface area contributed by atoms with Gasteiger partial charge < -0.3 is 10.0 Å². The Morgan fingerprint density at radius 1 is 1.45 bits per heavy atom. The monoisotopic (exact) mass is 311 g/mol.